The molecule has 1 N–H and O–H groups in total. The molecule has 1 atom stereocenters. The summed E-state index contributed by atoms with van der Waals surface area (Å²) in [5.74, 6) is 1.23. The quantitative estimate of drug-likeness (QED) is 0.891. The number of carbonyl (C=O) groups is 2. The highest BCUT2D eigenvalue weighted by molar-refractivity contribution is 5.99. The van der Waals surface area contributed by atoms with Crippen molar-refractivity contribution in [3.8, 4) is 5.75 Å². The number of amides is 2. The van der Waals surface area contributed by atoms with Crippen LogP contribution in [0.15, 0.2) is 18.2 Å². The lowest BCUT2D eigenvalue weighted by atomic mass is 9.97. The van der Waals surface area contributed by atoms with E-state index < -0.39 is 0 Å². The Morgan fingerprint density at radius 2 is 1.92 bits per heavy atom. The minimum Gasteiger partial charge on any atom is -0.493 e. The topological polar surface area (TPSA) is 58.6 Å². The molecule has 1 aromatic carbocycles. The summed E-state index contributed by atoms with van der Waals surface area (Å²) >= 11 is 0. The highest BCUT2D eigenvalue weighted by Gasteiger charge is 2.31. The summed E-state index contributed by atoms with van der Waals surface area (Å²) in [6.07, 6.45) is 9.55. The van der Waals surface area contributed by atoms with Crippen LogP contribution in [-0.4, -0.2) is 35.9 Å². The van der Waals surface area contributed by atoms with E-state index in [4.69, 9.17) is 4.74 Å². The zero-order chi connectivity index (χ0) is 17.9. The Morgan fingerprint density at radius 1 is 1.12 bits per heavy atom. The fraction of sp³-hybridized carbons (Fsp3) is 0.619. The maximum Gasteiger partial charge on any atom is 0.257 e. The normalized spacial score (nSPS) is 23.5. The first-order valence-electron chi connectivity index (χ1n) is 10.1. The predicted octanol–water partition coefficient (Wildman–Crippen LogP) is 3.98. The van der Waals surface area contributed by atoms with Crippen molar-refractivity contribution in [1.29, 1.82) is 0 Å². The molecule has 1 aliphatic carbocycles. The van der Waals surface area contributed by atoms with E-state index in [9.17, 15) is 9.59 Å². The average molecular weight is 356 g/mol. The van der Waals surface area contributed by atoms with E-state index >= 15 is 0 Å². The first kappa shape index (κ1) is 17.4. The van der Waals surface area contributed by atoms with Crippen molar-refractivity contribution >= 4 is 17.5 Å². The lowest BCUT2D eigenvalue weighted by molar-refractivity contribution is -0.117. The monoisotopic (exact) mass is 356 g/mol. The number of ether oxygens (including phenoxy) is 1. The second kappa shape index (κ2) is 7.68. The van der Waals surface area contributed by atoms with E-state index in [0.29, 0.717) is 35.9 Å². The molecule has 2 fully saturated rings. The van der Waals surface area contributed by atoms with E-state index in [1.165, 1.54) is 19.3 Å². The highest BCUT2D eigenvalue weighted by Crippen LogP contribution is 2.31. The van der Waals surface area contributed by atoms with Crippen molar-refractivity contribution < 1.29 is 14.3 Å². The lowest BCUT2D eigenvalue weighted by Crippen LogP contribution is -2.45. The number of fused-ring (bicyclic) bond motifs is 2. The molecule has 0 bridgehead atoms. The Hall–Kier alpha value is -2.04. The minimum absolute atomic E-state index is 0.0382. The van der Waals surface area contributed by atoms with Gasteiger partial charge in [0.15, 0.2) is 0 Å². The van der Waals surface area contributed by atoms with Gasteiger partial charge in [0.1, 0.15) is 5.75 Å². The third-order valence-corrected chi connectivity index (χ3v) is 6.04. The van der Waals surface area contributed by atoms with Gasteiger partial charge in [-0.15, -0.1) is 0 Å². The van der Waals surface area contributed by atoms with Crippen LogP contribution in [0.4, 0.5) is 5.69 Å². The van der Waals surface area contributed by atoms with Gasteiger partial charge in [-0.1, -0.05) is 12.8 Å². The molecule has 4 rings (SSSR count). The van der Waals surface area contributed by atoms with Gasteiger partial charge in [-0.05, 0) is 56.2 Å². The summed E-state index contributed by atoms with van der Waals surface area (Å²) in [4.78, 5) is 27.4. The Kier molecular flexibility index (Phi) is 5.14. The van der Waals surface area contributed by atoms with Crippen molar-refractivity contribution in [3.05, 3.63) is 23.8 Å². The van der Waals surface area contributed by atoms with Crippen LogP contribution >= 0.6 is 0 Å². The van der Waals surface area contributed by atoms with Gasteiger partial charge >= 0.3 is 0 Å². The van der Waals surface area contributed by atoms with Crippen LogP contribution in [0.3, 0.4) is 0 Å². The van der Waals surface area contributed by atoms with Gasteiger partial charge in [0.25, 0.3) is 5.91 Å². The van der Waals surface area contributed by atoms with E-state index in [2.05, 4.69) is 5.32 Å². The van der Waals surface area contributed by atoms with Crippen molar-refractivity contribution in [2.75, 3.05) is 18.5 Å². The van der Waals surface area contributed by atoms with Crippen LogP contribution in [-0.2, 0) is 4.79 Å². The molecular formula is C21H28N2O3. The molecule has 0 radical (unpaired) electrons. The maximum atomic E-state index is 13.1. The second-order valence-electron chi connectivity index (χ2n) is 7.90. The van der Waals surface area contributed by atoms with Gasteiger partial charge < -0.3 is 15.0 Å². The molecule has 2 heterocycles. The summed E-state index contributed by atoms with van der Waals surface area (Å²) in [7, 11) is 0. The average Bonchev–Trinajstić information content (AvgIpc) is 3.14. The molecule has 5 heteroatoms. The first-order chi connectivity index (χ1) is 12.7. The van der Waals surface area contributed by atoms with E-state index in [1.807, 2.05) is 17.0 Å². The Labute approximate surface area is 155 Å². The molecule has 5 nitrogen and oxygen atoms in total. The van der Waals surface area contributed by atoms with E-state index in [1.54, 1.807) is 6.07 Å². The van der Waals surface area contributed by atoms with Crippen LogP contribution in [0.1, 0.15) is 68.1 Å². The zero-order valence-electron chi connectivity index (χ0n) is 15.3. The summed E-state index contributed by atoms with van der Waals surface area (Å²) in [6.45, 7) is 1.45. The van der Waals surface area contributed by atoms with Gasteiger partial charge in [0.05, 0.1) is 12.2 Å². The van der Waals surface area contributed by atoms with Crippen LogP contribution < -0.4 is 10.1 Å². The van der Waals surface area contributed by atoms with Crippen molar-refractivity contribution in [2.24, 2.45) is 5.92 Å². The second-order valence-corrected chi connectivity index (χ2v) is 7.90. The Morgan fingerprint density at radius 3 is 2.77 bits per heavy atom. The molecule has 0 aromatic heterocycles. The first-order valence-corrected chi connectivity index (χ1v) is 10.1. The molecule has 1 unspecified atom stereocenters. The van der Waals surface area contributed by atoms with Crippen LogP contribution in [0.5, 0.6) is 5.75 Å². The number of hydrogen-bond acceptors (Lipinski definition) is 3. The number of hydrogen-bond donors (Lipinski definition) is 1. The molecular weight excluding hydrogens is 328 g/mol. The summed E-state index contributed by atoms with van der Waals surface area (Å²) in [6, 6.07) is 5.74. The lowest BCUT2D eigenvalue weighted by Gasteiger charge is -2.37. The minimum atomic E-state index is 0.0382. The Bertz CT molecular complexity index is 682. The molecule has 2 amide bonds. The van der Waals surface area contributed by atoms with Gasteiger partial charge in [-0.3, -0.25) is 9.59 Å². The largest absolute Gasteiger partial charge is 0.493 e. The SMILES string of the molecule is O=C(CC1CCCC1)Nc1ccc2c(c1)C(=O)N1CCCCC1CCO2. The molecule has 1 aromatic rings. The number of benzene rings is 1. The number of carbonyl (C=O) groups excluding carboxylic acids is 2. The molecule has 140 valence electrons. The molecule has 3 aliphatic rings. The molecule has 2 aliphatic heterocycles. The zero-order valence-corrected chi connectivity index (χ0v) is 15.3. The smallest absolute Gasteiger partial charge is 0.257 e. The molecule has 1 saturated carbocycles. The van der Waals surface area contributed by atoms with Crippen LogP contribution in [0.2, 0.25) is 0 Å². The van der Waals surface area contributed by atoms with Gasteiger partial charge in [-0.2, -0.15) is 0 Å². The molecule has 26 heavy (non-hydrogen) atoms. The fourth-order valence-corrected chi connectivity index (χ4v) is 4.62. The third kappa shape index (κ3) is 3.71. The summed E-state index contributed by atoms with van der Waals surface area (Å²) in [5.41, 5.74) is 1.27. The van der Waals surface area contributed by atoms with Crippen molar-refractivity contribution in [2.45, 2.75) is 63.8 Å². The van der Waals surface area contributed by atoms with Crippen molar-refractivity contribution in [1.82, 2.24) is 4.90 Å². The number of rotatable bonds is 3. The fourth-order valence-electron chi connectivity index (χ4n) is 4.62. The standard InChI is InChI=1S/C21H28N2O3/c24-20(13-15-5-1-2-6-15)22-16-8-9-19-18(14-16)21(25)23-11-4-3-7-17(23)10-12-26-19/h8-9,14-15,17H,1-7,10-13H2,(H,22,24). The van der Waals surface area contributed by atoms with E-state index in [0.717, 1.165) is 38.6 Å². The summed E-state index contributed by atoms with van der Waals surface area (Å²) in [5, 5.41) is 2.98. The number of nitrogens with one attached hydrogen (secondary N) is 1. The molecule has 1 saturated heterocycles. The van der Waals surface area contributed by atoms with Gasteiger partial charge in [-0.25, -0.2) is 0 Å². The highest BCUT2D eigenvalue weighted by atomic mass is 16.5. The van der Waals surface area contributed by atoms with Gasteiger partial charge in [0, 0.05) is 31.1 Å². The number of nitrogens with zero attached hydrogens (tertiary/aromatic N) is 1. The predicted molar refractivity (Wildman–Crippen MR) is 100 cm³/mol. The number of anilines is 1. The van der Waals surface area contributed by atoms with Crippen molar-refractivity contribution in [3.63, 3.8) is 0 Å². The van der Waals surface area contributed by atoms with Gasteiger partial charge in [0.2, 0.25) is 5.91 Å². The summed E-state index contributed by atoms with van der Waals surface area (Å²) < 4.78 is 5.86. The van der Waals surface area contributed by atoms with Crippen LogP contribution in [0.25, 0.3) is 0 Å². The third-order valence-electron chi connectivity index (χ3n) is 6.04. The Balaban J connectivity index is 1.50. The van der Waals surface area contributed by atoms with E-state index in [-0.39, 0.29) is 17.9 Å². The van der Waals surface area contributed by atoms with Crippen LogP contribution in [0, 0.1) is 5.92 Å². The molecule has 0 spiro atoms. The number of piperidine rings is 1. The maximum absolute atomic E-state index is 13.1.